The summed E-state index contributed by atoms with van der Waals surface area (Å²) >= 11 is 1.08. The van der Waals surface area contributed by atoms with Gasteiger partial charge < -0.3 is 25.9 Å². The maximum atomic E-state index is 13.1. The van der Waals surface area contributed by atoms with Crippen LogP contribution >= 0.6 is 11.3 Å². The fourth-order valence-electron chi connectivity index (χ4n) is 5.01. The van der Waals surface area contributed by atoms with Crippen LogP contribution in [-0.2, 0) is 28.8 Å². The lowest BCUT2D eigenvalue weighted by Crippen LogP contribution is -2.72. The average Bonchev–Trinajstić information content (AvgIpc) is 3.52. The molecule has 1 unspecified atom stereocenters. The molecule has 3 aliphatic rings. The molecule has 40 heavy (non-hydrogen) atoms. The summed E-state index contributed by atoms with van der Waals surface area (Å²) in [5, 5.41) is 14.3. The molecule has 15 heteroatoms. The second kappa shape index (κ2) is 10.9. The third-order valence-electron chi connectivity index (χ3n) is 6.82. The Morgan fingerprint density at radius 1 is 1.30 bits per heavy atom. The van der Waals surface area contributed by atoms with Crippen molar-refractivity contribution in [3.63, 3.8) is 0 Å². The van der Waals surface area contributed by atoms with Gasteiger partial charge in [0.15, 0.2) is 11.2 Å². The van der Waals surface area contributed by atoms with Gasteiger partial charge in [-0.25, -0.2) is 9.78 Å². The van der Waals surface area contributed by atoms with Crippen LogP contribution in [-0.4, -0.2) is 68.3 Å². The van der Waals surface area contributed by atoms with Gasteiger partial charge in [0.1, 0.15) is 11.7 Å². The second-order valence-corrected chi connectivity index (χ2v) is 10.2. The number of carbonyl (C=O) groups excluding carboxylic acids is 4. The number of β-lactam (4-membered cyclic amide) rings is 1. The number of nitrogens with two attached hydrogens (primary N) is 1. The van der Waals surface area contributed by atoms with Crippen molar-refractivity contribution in [2.75, 3.05) is 17.2 Å². The van der Waals surface area contributed by atoms with E-state index in [0.717, 1.165) is 23.2 Å². The molecule has 2 fully saturated rings. The summed E-state index contributed by atoms with van der Waals surface area (Å²) in [6.07, 6.45) is 5.80. The van der Waals surface area contributed by atoms with Crippen LogP contribution in [0.2, 0.25) is 0 Å². The molecule has 14 nitrogen and oxygen atoms in total. The van der Waals surface area contributed by atoms with E-state index in [1.807, 2.05) is 0 Å². The standard InChI is InChI=1S/C25H25N7O7S/c1-12(33)39-30-18(16-11-40-25(26)28-16)21(34)29-19-17-5-4-13(20(24(37)38)32(17)23(19)36)9-14-6-8-31(22(14)35)15-3-2-7-27-10-15/h2-3,7,9-11,17-19,30H,4-6,8H2,1H3,(H2,26,28)(H,29,34)(H,37,38)/b14-9-/t17-,18?,19+/m1/s1. The molecule has 0 bridgehead atoms. The minimum atomic E-state index is -1.31. The maximum absolute atomic E-state index is 13.1. The minimum absolute atomic E-state index is 0.190. The zero-order chi connectivity index (χ0) is 28.6. The highest BCUT2D eigenvalue weighted by molar-refractivity contribution is 7.13. The summed E-state index contributed by atoms with van der Waals surface area (Å²) in [5.74, 6) is -3.56. The van der Waals surface area contributed by atoms with Crippen LogP contribution in [0.25, 0.3) is 0 Å². The number of anilines is 2. The van der Waals surface area contributed by atoms with Crippen LogP contribution in [0.3, 0.4) is 0 Å². The zero-order valence-electron chi connectivity index (χ0n) is 21.2. The topological polar surface area (TPSA) is 197 Å². The van der Waals surface area contributed by atoms with Crippen molar-refractivity contribution in [3.05, 3.63) is 58.5 Å². The first kappa shape index (κ1) is 27.0. The normalized spacial score (nSPS) is 22.2. The fraction of sp³-hybridized carbons (Fsp3) is 0.320. The molecule has 2 aromatic rings. The molecule has 3 atom stereocenters. The lowest BCUT2D eigenvalue weighted by molar-refractivity contribution is -0.158. The molecular formula is C25H25N7O7S. The summed E-state index contributed by atoms with van der Waals surface area (Å²) < 4.78 is 0. The Morgan fingerprint density at radius 3 is 2.75 bits per heavy atom. The monoisotopic (exact) mass is 567 g/mol. The second-order valence-electron chi connectivity index (χ2n) is 9.32. The highest BCUT2D eigenvalue weighted by Crippen LogP contribution is 2.38. The summed E-state index contributed by atoms with van der Waals surface area (Å²) in [6, 6.07) is 0.647. The highest BCUT2D eigenvalue weighted by atomic mass is 32.1. The summed E-state index contributed by atoms with van der Waals surface area (Å²) in [7, 11) is 0. The lowest BCUT2D eigenvalue weighted by Gasteiger charge is -2.50. The number of pyridine rings is 1. The van der Waals surface area contributed by atoms with Gasteiger partial charge in [-0.15, -0.1) is 16.8 Å². The van der Waals surface area contributed by atoms with Crippen molar-refractivity contribution in [1.82, 2.24) is 25.7 Å². The van der Waals surface area contributed by atoms with E-state index < -0.39 is 41.9 Å². The van der Waals surface area contributed by atoms with E-state index in [9.17, 15) is 29.1 Å². The van der Waals surface area contributed by atoms with Gasteiger partial charge in [0.05, 0.1) is 23.6 Å². The van der Waals surface area contributed by atoms with E-state index >= 15 is 0 Å². The van der Waals surface area contributed by atoms with E-state index in [1.54, 1.807) is 35.5 Å². The number of carbonyl (C=O) groups is 5. The zero-order valence-corrected chi connectivity index (χ0v) is 22.0. The highest BCUT2D eigenvalue weighted by Gasteiger charge is 2.53. The maximum Gasteiger partial charge on any atom is 0.352 e. The van der Waals surface area contributed by atoms with Gasteiger partial charge in [0, 0.05) is 30.6 Å². The van der Waals surface area contributed by atoms with Crippen LogP contribution in [0, 0.1) is 0 Å². The van der Waals surface area contributed by atoms with Crippen LogP contribution in [0.15, 0.2) is 52.8 Å². The van der Waals surface area contributed by atoms with Gasteiger partial charge >= 0.3 is 11.9 Å². The number of nitrogen functional groups attached to an aromatic ring is 1. The Labute approximate surface area is 231 Å². The number of nitrogens with zero attached hydrogens (tertiary/aromatic N) is 4. The Morgan fingerprint density at radius 2 is 2.10 bits per heavy atom. The molecule has 5 N–H and O–H groups in total. The van der Waals surface area contributed by atoms with Gasteiger partial charge in [0.2, 0.25) is 5.91 Å². The minimum Gasteiger partial charge on any atom is -0.477 e. The molecule has 5 rings (SSSR count). The van der Waals surface area contributed by atoms with Crippen LogP contribution in [0.1, 0.15) is 37.9 Å². The molecule has 3 aliphatic heterocycles. The number of allylic oxidation sites excluding steroid dienone is 2. The lowest BCUT2D eigenvalue weighted by atomic mass is 9.82. The number of amides is 3. The van der Waals surface area contributed by atoms with Crippen molar-refractivity contribution in [3.8, 4) is 0 Å². The molecule has 5 heterocycles. The number of hydroxylamine groups is 1. The van der Waals surface area contributed by atoms with Crippen LogP contribution < -0.4 is 21.4 Å². The first-order chi connectivity index (χ1) is 19.2. The van der Waals surface area contributed by atoms with Crippen molar-refractivity contribution in [1.29, 1.82) is 0 Å². The summed E-state index contributed by atoms with van der Waals surface area (Å²) in [4.78, 5) is 78.4. The summed E-state index contributed by atoms with van der Waals surface area (Å²) in [5.41, 5.74) is 9.43. The van der Waals surface area contributed by atoms with Gasteiger partial charge in [-0.05, 0) is 43.0 Å². The molecule has 3 amide bonds. The summed E-state index contributed by atoms with van der Waals surface area (Å²) in [6.45, 7) is 1.58. The number of aliphatic carboxylic acids is 1. The molecule has 0 spiro atoms. The van der Waals surface area contributed by atoms with Gasteiger partial charge in [-0.2, -0.15) is 0 Å². The van der Waals surface area contributed by atoms with Gasteiger partial charge in [-0.3, -0.25) is 29.1 Å². The Hall–Kier alpha value is -4.63. The number of nitrogens with one attached hydrogen (secondary N) is 2. The molecule has 2 saturated heterocycles. The number of carboxylic acid groups (broad SMARTS) is 1. The predicted octanol–water partition coefficient (Wildman–Crippen LogP) is 0.421. The Balaban J connectivity index is 1.33. The van der Waals surface area contributed by atoms with Crippen LogP contribution in [0.4, 0.5) is 10.8 Å². The first-order valence-electron chi connectivity index (χ1n) is 12.3. The fourth-order valence-corrected chi connectivity index (χ4v) is 5.60. The van der Waals surface area contributed by atoms with Gasteiger partial charge in [0.25, 0.3) is 11.8 Å². The average molecular weight is 568 g/mol. The molecule has 0 radical (unpaired) electrons. The number of rotatable bonds is 8. The van der Waals surface area contributed by atoms with Crippen molar-refractivity contribution in [2.24, 2.45) is 0 Å². The molecule has 208 valence electrons. The molecule has 0 saturated carbocycles. The van der Waals surface area contributed by atoms with E-state index in [0.29, 0.717) is 36.2 Å². The van der Waals surface area contributed by atoms with Crippen molar-refractivity contribution in [2.45, 2.75) is 44.3 Å². The largest absolute Gasteiger partial charge is 0.477 e. The number of thiazole rings is 1. The number of carboxylic acids is 1. The predicted molar refractivity (Wildman–Crippen MR) is 140 cm³/mol. The van der Waals surface area contributed by atoms with E-state index in [2.05, 4.69) is 20.8 Å². The van der Waals surface area contributed by atoms with Crippen LogP contribution in [0.5, 0.6) is 0 Å². The van der Waals surface area contributed by atoms with E-state index in [1.165, 1.54) is 5.38 Å². The first-order valence-corrected chi connectivity index (χ1v) is 13.2. The molecule has 2 aromatic heterocycles. The van der Waals surface area contributed by atoms with E-state index in [-0.39, 0.29) is 28.9 Å². The number of fused-ring (bicyclic) bond motifs is 1. The number of hydrogen-bond acceptors (Lipinski definition) is 11. The SMILES string of the molecule is CC(=O)ONC(C(=O)N[C@@H]1C(=O)N2C(C(=O)O)=C(/C=C3/CCN(c4cccnc4)C3=O)CC[C@H]12)c1csc(N)n1. The molecule has 0 aromatic carbocycles. The Kier molecular flexibility index (Phi) is 7.32. The number of hydrogen-bond donors (Lipinski definition) is 4. The molecular weight excluding hydrogens is 542 g/mol. The Bertz CT molecular complexity index is 1450. The van der Waals surface area contributed by atoms with Crippen molar-refractivity contribution < 1.29 is 33.9 Å². The number of aromatic nitrogens is 2. The van der Waals surface area contributed by atoms with E-state index in [4.69, 9.17) is 10.6 Å². The third-order valence-corrected chi connectivity index (χ3v) is 7.52. The third kappa shape index (κ3) is 5.03. The quantitative estimate of drug-likeness (QED) is 0.196. The van der Waals surface area contributed by atoms with Gasteiger partial charge in [-0.1, -0.05) is 0 Å². The molecule has 0 aliphatic carbocycles. The van der Waals surface area contributed by atoms with Crippen molar-refractivity contribution >= 4 is 51.8 Å². The smallest absolute Gasteiger partial charge is 0.352 e.